The molecule has 0 radical (unpaired) electrons. The van der Waals surface area contributed by atoms with E-state index in [0.717, 1.165) is 43.7 Å². The molecule has 0 aliphatic carbocycles. The molecule has 0 saturated carbocycles. The van der Waals surface area contributed by atoms with Crippen molar-refractivity contribution in [3.8, 4) is 5.75 Å². The van der Waals surface area contributed by atoms with E-state index in [1.165, 1.54) is 5.56 Å². The Morgan fingerprint density at radius 1 is 0.913 bits per heavy atom. The maximum atomic E-state index is 11.8. The summed E-state index contributed by atoms with van der Waals surface area (Å²) in [5, 5.41) is 8.66. The van der Waals surface area contributed by atoms with E-state index in [9.17, 15) is 13.2 Å². The van der Waals surface area contributed by atoms with Crippen LogP contribution in [0.4, 0.5) is 13.2 Å². The first-order valence-electron chi connectivity index (χ1n) is 7.53. The van der Waals surface area contributed by atoms with E-state index in [-0.39, 0.29) is 5.75 Å². The van der Waals surface area contributed by atoms with Crippen LogP contribution in [0.5, 0.6) is 5.75 Å². The number of halogens is 3. The van der Waals surface area contributed by atoms with Crippen LogP contribution < -0.4 is 5.73 Å². The maximum Gasteiger partial charge on any atom is 0.416 e. The molecule has 0 saturated heterocycles. The monoisotopic (exact) mass is 327 g/mol. The van der Waals surface area contributed by atoms with Crippen LogP contribution in [0.3, 0.4) is 0 Å². The predicted molar refractivity (Wildman–Crippen MR) is 88.3 cm³/mol. The number of phenols is 1. The van der Waals surface area contributed by atoms with E-state index in [0.29, 0.717) is 0 Å². The second-order valence-corrected chi connectivity index (χ2v) is 4.42. The molecule has 0 atom stereocenters. The summed E-state index contributed by atoms with van der Waals surface area (Å²) in [5.41, 5.74) is 6.00. The summed E-state index contributed by atoms with van der Waals surface area (Å²) in [6, 6.07) is 14.1. The average Bonchev–Trinajstić information content (AvgIpc) is 2.56. The van der Waals surface area contributed by atoms with Gasteiger partial charge in [0.05, 0.1) is 5.56 Å². The lowest BCUT2D eigenvalue weighted by Crippen LogP contribution is -2.03. The van der Waals surface area contributed by atoms with Gasteiger partial charge in [0, 0.05) is 0 Å². The van der Waals surface area contributed by atoms with E-state index in [1.807, 2.05) is 19.9 Å². The average molecular weight is 327 g/mol. The Kier molecular flexibility index (Phi) is 10.5. The fraction of sp³-hybridized carbons (Fsp3) is 0.333. The Morgan fingerprint density at radius 2 is 1.43 bits per heavy atom. The van der Waals surface area contributed by atoms with Crippen LogP contribution >= 0.6 is 0 Å². The maximum absolute atomic E-state index is 11.8. The second kappa shape index (κ2) is 11.5. The summed E-state index contributed by atoms with van der Waals surface area (Å²) in [4.78, 5) is 0. The van der Waals surface area contributed by atoms with Gasteiger partial charge in [0.25, 0.3) is 0 Å². The van der Waals surface area contributed by atoms with Gasteiger partial charge in [-0.25, -0.2) is 0 Å². The van der Waals surface area contributed by atoms with Crippen molar-refractivity contribution in [3.05, 3.63) is 65.7 Å². The van der Waals surface area contributed by atoms with E-state index in [4.69, 9.17) is 10.8 Å². The van der Waals surface area contributed by atoms with Gasteiger partial charge in [-0.2, -0.15) is 13.2 Å². The van der Waals surface area contributed by atoms with Crippen molar-refractivity contribution in [3.63, 3.8) is 0 Å². The minimum absolute atomic E-state index is 0.169. The fourth-order valence-corrected chi connectivity index (χ4v) is 1.60. The third kappa shape index (κ3) is 9.58. The van der Waals surface area contributed by atoms with E-state index < -0.39 is 11.7 Å². The van der Waals surface area contributed by atoms with Crippen LogP contribution in [0.1, 0.15) is 31.4 Å². The second-order valence-electron chi connectivity index (χ2n) is 4.42. The van der Waals surface area contributed by atoms with Crippen LogP contribution in [0, 0.1) is 0 Å². The normalized spacial score (nSPS) is 10.0. The Morgan fingerprint density at radius 3 is 1.87 bits per heavy atom. The number of nitrogens with two attached hydrogens (primary N) is 1. The summed E-state index contributed by atoms with van der Waals surface area (Å²) in [5.74, 6) is -0.169. The number of alkyl halides is 3. The third-order valence-corrected chi connectivity index (χ3v) is 2.71. The van der Waals surface area contributed by atoms with Crippen LogP contribution in [-0.4, -0.2) is 11.7 Å². The largest absolute Gasteiger partial charge is 0.508 e. The van der Waals surface area contributed by atoms with Crippen LogP contribution in [0.2, 0.25) is 0 Å². The molecular weight excluding hydrogens is 303 g/mol. The molecule has 5 heteroatoms. The molecule has 0 amide bonds. The molecule has 23 heavy (non-hydrogen) atoms. The summed E-state index contributed by atoms with van der Waals surface area (Å²) in [6.45, 7) is 4.79. The lowest BCUT2D eigenvalue weighted by atomic mass is 10.1. The van der Waals surface area contributed by atoms with Crippen molar-refractivity contribution < 1.29 is 18.3 Å². The number of benzene rings is 2. The van der Waals surface area contributed by atoms with Gasteiger partial charge in [-0.3, -0.25) is 0 Å². The summed E-state index contributed by atoms with van der Waals surface area (Å²) in [6.07, 6.45) is -2.13. The molecule has 2 aromatic carbocycles. The molecule has 2 nitrogen and oxygen atoms in total. The summed E-state index contributed by atoms with van der Waals surface area (Å²) in [7, 11) is 0. The zero-order valence-corrected chi connectivity index (χ0v) is 13.5. The third-order valence-electron chi connectivity index (χ3n) is 2.71. The van der Waals surface area contributed by atoms with Gasteiger partial charge < -0.3 is 10.8 Å². The van der Waals surface area contributed by atoms with Gasteiger partial charge in [-0.05, 0) is 49.2 Å². The minimum atomic E-state index is -4.33. The van der Waals surface area contributed by atoms with Crippen molar-refractivity contribution >= 4 is 0 Å². The first kappa shape index (κ1) is 21.0. The van der Waals surface area contributed by atoms with Crippen molar-refractivity contribution in [1.82, 2.24) is 0 Å². The van der Waals surface area contributed by atoms with Crippen LogP contribution in [-0.2, 0) is 12.6 Å². The van der Waals surface area contributed by atoms with E-state index >= 15 is 0 Å². The highest BCUT2D eigenvalue weighted by Gasteiger charge is 2.29. The zero-order valence-electron chi connectivity index (χ0n) is 13.5. The van der Waals surface area contributed by atoms with Gasteiger partial charge in [-0.1, -0.05) is 44.2 Å². The highest BCUT2D eigenvalue weighted by Crippen LogP contribution is 2.29. The lowest BCUT2D eigenvalue weighted by molar-refractivity contribution is -0.137. The number of rotatable bonds is 3. The standard InChI is InChI=1S/C9H13N.C7H5F3O.C2H6/c10-8-4-7-9-5-2-1-3-6-9;8-7(9,10)5-1-3-6(11)4-2-5;1-2/h1-3,5-6H,4,7-8,10H2;1-4,11H;1-2H3. The van der Waals surface area contributed by atoms with Gasteiger partial charge in [-0.15, -0.1) is 0 Å². The van der Waals surface area contributed by atoms with E-state index in [2.05, 4.69) is 24.3 Å². The Bertz CT molecular complexity index is 510. The number of aryl methyl sites for hydroxylation is 1. The Labute approximate surface area is 135 Å². The molecule has 3 N–H and O–H groups in total. The summed E-state index contributed by atoms with van der Waals surface area (Å²) < 4.78 is 35.5. The first-order chi connectivity index (χ1) is 10.9. The molecule has 0 unspecified atom stereocenters. The topological polar surface area (TPSA) is 46.2 Å². The van der Waals surface area contributed by atoms with Crippen molar-refractivity contribution in [1.29, 1.82) is 0 Å². The number of hydrogen-bond acceptors (Lipinski definition) is 2. The van der Waals surface area contributed by atoms with Crippen molar-refractivity contribution in [2.45, 2.75) is 32.9 Å². The Balaban J connectivity index is 0.000000381. The van der Waals surface area contributed by atoms with Crippen molar-refractivity contribution in [2.24, 2.45) is 5.73 Å². The molecule has 0 spiro atoms. The SMILES string of the molecule is CC.NCCCc1ccccc1.Oc1ccc(C(F)(F)F)cc1. The van der Waals surface area contributed by atoms with Gasteiger partial charge in [0.15, 0.2) is 0 Å². The number of aromatic hydroxyl groups is 1. The number of phenolic OH excluding ortho intramolecular Hbond substituents is 1. The predicted octanol–water partition coefficient (Wildman–Crippen LogP) is 5.02. The van der Waals surface area contributed by atoms with Gasteiger partial charge in [0.2, 0.25) is 0 Å². The highest BCUT2D eigenvalue weighted by molar-refractivity contribution is 5.27. The molecule has 0 aliphatic rings. The first-order valence-corrected chi connectivity index (χ1v) is 7.53. The molecule has 0 aromatic heterocycles. The quantitative estimate of drug-likeness (QED) is 0.832. The molecule has 128 valence electrons. The lowest BCUT2D eigenvalue weighted by Gasteiger charge is -2.04. The molecule has 2 rings (SSSR count). The zero-order chi connectivity index (χ0) is 17.7. The van der Waals surface area contributed by atoms with E-state index in [1.54, 1.807) is 0 Å². The smallest absolute Gasteiger partial charge is 0.416 e. The number of hydrogen-bond donors (Lipinski definition) is 2. The fourth-order valence-electron chi connectivity index (χ4n) is 1.60. The van der Waals surface area contributed by atoms with Crippen LogP contribution in [0.25, 0.3) is 0 Å². The van der Waals surface area contributed by atoms with Gasteiger partial charge in [0.1, 0.15) is 5.75 Å². The summed E-state index contributed by atoms with van der Waals surface area (Å²) >= 11 is 0. The van der Waals surface area contributed by atoms with Crippen molar-refractivity contribution in [2.75, 3.05) is 6.54 Å². The molecule has 0 fully saturated rings. The molecule has 0 bridgehead atoms. The molecule has 2 aromatic rings. The highest BCUT2D eigenvalue weighted by atomic mass is 19.4. The minimum Gasteiger partial charge on any atom is -0.508 e. The molecular formula is C18H24F3NO. The van der Waals surface area contributed by atoms with Gasteiger partial charge >= 0.3 is 6.18 Å². The Hall–Kier alpha value is -2.01. The molecule has 0 heterocycles. The molecule has 0 aliphatic heterocycles. The van der Waals surface area contributed by atoms with Crippen LogP contribution in [0.15, 0.2) is 54.6 Å².